The van der Waals surface area contributed by atoms with Crippen molar-refractivity contribution < 1.29 is 4.42 Å². The molecule has 2 N–H and O–H groups in total. The number of nitrogens with two attached hydrogens (primary N) is 1. The largest absolute Gasteiger partial charge is 0.464 e. The first-order valence-electron chi connectivity index (χ1n) is 5.34. The van der Waals surface area contributed by atoms with Crippen molar-refractivity contribution in [3.63, 3.8) is 0 Å². The summed E-state index contributed by atoms with van der Waals surface area (Å²) in [7, 11) is 0. The zero-order valence-electron chi connectivity index (χ0n) is 8.81. The van der Waals surface area contributed by atoms with Gasteiger partial charge in [-0.2, -0.15) is 0 Å². The maximum Gasteiger partial charge on any atom is 0.134 e. The second kappa shape index (κ2) is 3.61. The van der Waals surface area contributed by atoms with Gasteiger partial charge in [-0.1, -0.05) is 6.07 Å². The second-order valence-corrected chi connectivity index (χ2v) is 3.79. The summed E-state index contributed by atoms with van der Waals surface area (Å²) in [5.41, 5.74) is 7.56. The first-order chi connectivity index (χ1) is 7.90. The lowest BCUT2D eigenvalue weighted by molar-refractivity contribution is 0.616. The van der Waals surface area contributed by atoms with Crippen molar-refractivity contribution in [1.82, 2.24) is 4.98 Å². The van der Waals surface area contributed by atoms with Crippen LogP contribution in [-0.4, -0.2) is 11.5 Å². The zero-order chi connectivity index (χ0) is 11.0. The average Bonchev–Trinajstić information content (AvgIpc) is 2.77. The van der Waals surface area contributed by atoms with E-state index in [1.54, 1.807) is 6.26 Å². The summed E-state index contributed by atoms with van der Waals surface area (Å²) in [6.07, 6.45) is 4.34. The summed E-state index contributed by atoms with van der Waals surface area (Å²) in [6, 6.07) is 8.05. The van der Waals surface area contributed by atoms with Crippen molar-refractivity contribution in [1.29, 1.82) is 0 Å². The Morgan fingerprint density at radius 3 is 3.00 bits per heavy atom. The fraction of sp³-hybridized carbons (Fsp3) is 0.154. The highest BCUT2D eigenvalue weighted by molar-refractivity contribution is 6.06. The minimum absolute atomic E-state index is 0.611. The SMILES string of the molecule is NCCc1nccc2ccc3occc3c12. The Morgan fingerprint density at radius 1 is 1.19 bits per heavy atom. The number of benzene rings is 1. The summed E-state index contributed by atoms with van der Waals surface area (Å²) in [4.78, 5) is 4.40. The predicted octanol–water partition coefficient (Wildman–Crippen LogP) is 2.48. The fourth-order valence-corrected chi connectivity index (χ4v) is 2.12. The molecule has 3 heteroatoms. The molecule has 0 amide bonds. The van der Waals surface area contributed by atoms with E-state index in [1.807, 2.05) is 24.4 Å². The Hall–Kier alpha value is -1.87. The van der Waals surface area contributed by atoms with Crippen LogP contribution in [0.5, 0.6) is 0 Å². The molecule has 0 bridgehead atoms. The van der Waals surface area contributed by atoms with Crippen LogP contribution in [0.3, 0.4) is 0 Å². The van der Waals surface area contributed by atoms with Gasteiger partial charge in [-0.25, -0.2) is 0 Å². The van der Waals surface area contributed by atoms with Crippen LogP contribution >= 0.6 is 0 Å². The molecule has 3 aromatic rings. The Balaban J connectivity index is 2.44. The van der Waals surface area contributed by atoms with E-state index in [2.05, 4.69) is 11.1 Å². The normalized spacial score (nSPS) is 11.3. The van der Waals surface area contributed by atoms with E-state index in [4.69, 9.17) is 10.2 Å². The van der Waals surface area contributed by atoms with Crippen LogP contribution in [0.25, 0.3) is 21.7 Å². The van der Waals surface area contributed by atoms with Crippen LogP contribution in [0.15, 0.2) is 41.1 Å². The van der Waals surface area contributed by atoms with E-state index in [-0.39, 0.29) is 0 Å². The highest BCUT2D eigenvalue weighted by Gasteiger charge is 2.07. The van der Waals surface area contributed by atoms with Gasteiger partial charge < -0.3 is 10.2 Å². The molecule has 1 aromatic carbocycles. The van der Waals surface area contributed by atoms with E-state index in [0.717, 1.165) is 23.1 Å². The molecule has 2 aromatic heterocycles. The average molecular weight is 212 g/mol. The lowest BCUT2D eigenvalue weighted by Gasteiger charge is -2.04. The Morgan fingerprint density at radius 2 is 2.12 bits per heavy atom. The van der Waals surface area contributed by atoms with Crippen molar-refractivity contribution in [2.45, 2.75) is 6.42 Å². The number of furan rings is 1. The molecule has 0 spiro atoms. The van der Waals surface area contributed by atoms with Gasteiger partial charge in [-0.15, -0.1) is 0 Å². The zero-order valence-corrected chi connectivity index (χ0v) is 8.81. The molecule has 0 fully saturated rings. The van der Waals surface area contributed by atoms with Crippen molar-refractivity contribution in [3.05, 3.63) is 42.4 Å². The Bertz CT molecular complexity index is 643. The monoisotopic (exact) mass is 212 g/mol. The first kappa shape index (κ1) is 9.36. The van der Waals surface area contributed by atoms with E-state index >= 15 is 0 Å². The number of nitrogens with zero attached hydrogens (tertiary/aromatic N) is 1. The van der Waals surface area contributed by atoms with E-state index < -0.39 is 0 Å². The van der Waals surface area contributed by atoms with Gasteiger partial charge in [0.15, 0.2) is 0 Å². The van der Waals surface area contributed by atoms with Gasteiger partial charge in [0.05, 0.1) is 12.0 Å². The van der Waals surface area contributed by atoms with Gasteiger partial charge in [-0.3, -0.25) is 4.98 Å². The third kappa shape index (κ3) is 1.29. The molecule has 16 heavy (non-hydrogen) atoms. The molecular weight excluding hydrogens is 200 g/mol. The lowest BCUT2D eigenvalue weighted by Crippen LogP contribution is -2.04. The molecule has 0 saturated carbocycles. The molecule has 0 aliphatic carbocycles. The van der Waals surface area contributed by atoms with Gasteiger partial charge in [0.1, 0.15) is 5.58 Å². The number of hydrogen-bond donors (Lipinski definition) is 1. The molecule has 3 nitrogen and oxygen atoms in total. The summed E-state index contributed by atoms with van der Waals surface area (Å²) < 4.78 is 5.40. The maximum atomic E-state index is 5.61. The molecule has 0 aliphatic rings. The van der Waals surface area contributed by atoms with Crippen molar-refractivity contribution in [2.24, 2.45) is 5.73 Å². The van der Waals surface area contributed by atoms with Crippen LogP contribution in [0.1, 0.15) is 5.69 Å². The number of fused-ring (bicyclic) bond motifs is 3. The quantitative estimate of drug-likeness (QED) is 0.710. The van der Waals surface area contributed by atoms with Crippen LogP contribution in [0.4, 0.5) is 0 Å². The fourth-order valence-electron chi connectivity index (χ4n) is 2.12. The van der Waals surface area contributed by atoms with Crippen LogP contribution in [0.2, 0.25) is 0 Å². The highest BCUT2D eigenvalue weighted by Crippen LogP contribution is 2.28. The number of aromatic nitrogens is 1. The molecule has 2 heterocycles. The van der Waals surface area contributed by atoms with Gasteiger partial charge >= 0.3 is 0 Å². The molecule has 0 atom stereocenters. The van der Waals surface area contributed by atoms with Crippen molar-refractivity contribution in [3.8, 4) is 0 Å². The third-order valence-electron chi connectivity index (χ3n) is 2.82. The van der Waals surface area contributed by atoms with Gasteiger partial charge in [0.2, 0.25) is 0 Å². The number of rotatable bonds is 2. The van der Waals surface area contributed by atoms with Gasteiger partial charge in [-0.05, 0) is 30.1 Å². The highest BCUT2D eigenvalue weighted by atomic mass is 16.3. The van der Waals surface area contributed by atoms with Crippen molar-refractivity contribution in [2.75, 3.05) is 6.54 Å². The topological polar surface area (TPSA) is 52.0 Å². The predicted molar refractivity (Wildman–Crippen MR) is 64.3 cm³/mol. The van der Waals surface area contributed by atoms with E-state index in [1.165, 1.54) is 10.8 Å². The minimum Gasteiger partial charge on any atom is -0.464 e. The van der Waals surface area contributed by atoms with Crippen LogP contribution in [-0.2, 0) is 6.42 Å². The molecule has 0 unspecified atom stereocenters. The van der Waals surface area contributed by atoms with E-state index in [9.17, 15) is 0 Å². The standard InChI is InChI=1S/C13H12N2O/c14-6-3-11-13-9(4-7-15-11)1-2-12-10(13)5-8-16-12/h1-2,4-5,7-8H,3,6,14H2. The second-order valence-electron chi connectivity index (χ2n) is 3.79. The molecule has 3 rings (SSSR count). The molecule has 0 saturated heterocycles. The summed E-state index contributed by atoms with van der Waals surface area (Å²) in [6.45, 7) is 0.611. The summed E-state index contributed by atoms with van der Waals surface area (Å²) in [5.74, 6) is 0. The Kier molecular flexibility index (Phi) is 2.11. The van der Waals surface area contributed by atoms with Crippen LogP contribution in [0, 0.1) is 0 Å². The maximum absolute atomic E-state index is 5.61. The van der Waals surface area contributed by atoms with Gasteiger partial charge in [0.25, 0.3) is 0 Å². The van der Waals surface area contributed by atoms with Crippen LogP contribution < -0.4 is 5.73 Å². The minimum atomic E-state index is 0.611. The van der Waals surface area contributed by atoms with Gasteiger partial charge in [0, 0.05) is 23.4 Å². The molecule has 0 aliphatic heterocycles. The Labute approximate surface area is 92.9 Å². The molecular formula is C13H12N2O. The van der Waals surface area contributed by atoms with Crippen molar-refractivity contribution >= 4 is 21.7 Å². The lowest BCUT2D eigenvalue weighted by atomic mass is 10.0. The first-order valence-corrected chi connectivity index (χ1v) is 5.34. The molecule has 80 valence electrons. The number of hydrogen-bond acceptors (Lipinski definition) is 3. The summed E-state index contributed by atoms with van der Waals surface area (Å²) >= 11 is 0. The van der Waals surface area contributed by atoms with E-state index in [0.29, 0.717) is 6.54 Å². The third-order valence-corrected chi connectivity index (χ3v) is 2.82. The summed E-state index contributed by atoms with van der Waals surface area (Å²) in [5, 5.41) is 3.47. The molecule has 0 radical (unpaired) electrons. The number of pyridine rings is 1. The smallest absolute Gasteiger partial charge is 0.134 e.